The van der Waals surface area contributed by atoms with Gasteiger partial charge in [-0.3, -0.25) is 4.79 Å². The number of carbonyl (C=O) groups is 1. The molecular formula is C13H24N4OS. The normalized spacial score (nSPS) is 12.7. The Labute approximate surface area is 119 Å². The first kappa shape index (κ1) is 16.0. The molecule has 1 aromatic rings. The quantitative estimate of drug-likeness (QED) is 0.578. The smallest absolute Gasteiger partial charge is 0.233 e. The fourth-order valence-corrected chi connectivity index (χ4v) is 2.44. The number of carbonyl (C=O) groups excluding carboxylic acids is 1. The molecule has 0 bridgehead atoms. The van der Waals surface area contributed by atoms with Gasteiger partial charge < -0.3 is 14.8 Å². The molecule has 19 heavy (non-hydrogen) atoms. The van der Waals surface area contributed by atoms with Gasteiger partial charge in [0.15, 0.2) is 5.16 Å². The topological polar surface area (TPSA) is 50.2 Å². The molecule has 6 heteroatoms. The molecule has 0 aliphatic carbocycles. The monoisotopic (exact) mass is 284 g/mol. The third kappa shape index (κ3) is 6.11. The highest BCUT2D eigenvalue weighted by Gasteiger charge is 2.15. The molecule has 1 aromatic heterocycles. The molecule has 1 amide bonds. The third-order valence-corrected chi connectivity index (χ3v) is 3.93. The molecule has 0 saturated heterocycles. The lowest BCUT2D eigenvalue weighted by Gasteiger charge is -2.12. The maximum atomic E-state index is 11.9. The second-order valence-corrected chi connectivity index (χ2v) is 6.19. The summed E-state index contributed by atoms with van der Waals surface area (Å²) in [5.74, 6) is 0.0813. The fraction of sp³-hybridized carbons (Fsp3) is 0.692. The largest absolute Gasteiger partial charge is 0.355 e. The molecule has 1 N–H and O–H groups in total. The van der Waals surface area contributed by atoms with Crippen molar-refractivity contribution in [3.05, 3.63) is 12.4 Å². The van der Waals surface area contributed by atoms with E-state index in [1.54, 1.807) is 6.20 Å². The van der Waals surface area contributed by atoms with Crippen LogP contribution in [0.25, 0.3) is 0 Å². The Hall–Kier alpha value is -1.01. The van der Waals surface area contributed by atoms with Crippen LogP contribution in [0, 0.1) is 0 Å². The summed E-state index contributed by atoms with van der Waals surface area (Å²) in [4.78, 5) is 18.3. The highest BCUT2D eigenvalue weighted by molar-refractivity contribution is 8.00. The molecular weight excluding hydrogens is 260 g/mol. The van der Waals surface area contributed by atoms with Crippen LogP contribution in [0.1, 0.15) is 19.8 Å². The maximum Gasteiger partial charge on any atom is 0.233 e. The summed E-state index contributed by atoms with van der Waals surface area (Å²) < 4.78 is 1.92. The zero-order valence-corrected chi connectivity index (χ0v) is 13.0. The van der Waals surface area contributed by atoms with Crippen molar-refractivity contribution in [2.45, 2.75) is 30.2 Å². The SMILES string of the molecule is CC(Sc1nccn1C)C(=O)NCCCCN(C)C. The van der Waals surface area contributed by atoms with Gasteiger partial charge in [0.2, 0.25) is 5.91 Å². The van der Waals surface area contributed by atoms with E-state index < -0.39 is 0 Å². The lowest BCUT2D eigenvalue weighted by molar-refractivity contribution is -0.120. The average molecular weight is 284 g/mol. The summed E-state index contributed by atoms with van der Waals surface area (Å²) in [7, 11) is 6.05. The van der Waals surface area contributed by atoms with E-state index in [2.05, 4.69) is 29.3 Å². The summed E-state index contributed by atoms with van der Waals surface area (Å²) in [6.45, 7) is 3.72. The number of unbranched alkanes of at least 4 members (excludes halogenated alkanes) is 1. The minimum absolute atomic E-state index is 0.0813. The highest BCUT2D eigenvalue weighted by Crippen LogP contribution is 2.20. The first-order valence-electron chi connectivity index (χ1n) is 6.57. The Morgan fingerprint density at radius 1 is 1.53 bits per heavy atom. The number of hydrogen-bond acceptors (Lipinski definition) is 4. The van der Waals surface area contributed by atoms with Crippen molar-refractivity contribution in [3.63, 3.8) is 0 Å². The van der Waals surface area contributed by atoms with Gasteiger partial charge in [-0.2, -0.15) is 0 Å². The Morgan fingerprint density at radius 2 is 2.26 bits per heavy atom. The summed E-state index contributed by atoms with van der Waals surface area (Å²) in [6.07, 6.45) is 5.75. The minimum atomic E-state index is -0.116. The molecule has 0 fully saturated rings. The van der Waals surface area contributed by atoms with Crippen molar-refractivity contribution in [2.24, 2.45) is 7.05 Å². The van der Waals surface area contributed by atoms with Crippen LogP contribution in [0.2, 0.25) is 0 Å². The van der Waals surface area contributed by atoms with Crippen molar-refractivity contribution in [3.8, 4) is 0 Å². The molecule has 1 heterocycles. The molecule has 0 saturated carbocycles. The number of aryl methyl sites for hydroxylation is 1. The van der Waals surface area contributed by atoms with E-state index in [-0.39, 0.29) is 11.2 Å². The molecule has 0 aliphatic rings. The van der Waals surface area contributed by atoms with E-state index in [4.69, 9.17) is 0 Å². The summed E-state index contributed by atoms with van der Waals surface area (Å²) in [5, 5.41) is 3.73. The third-order valence-electron chi connectivity index (χ3n) is 2.76. The van der Waals surface area contributed by atoms with Crippen molar-refractivity contribution >= 4 is 17.7 Å². The fourth-order valence-electron chi connectivity index (χ4n) is 1.59. The van der Waals surface area contributed by atoms with Crippen LogP contribution >= 0.6 is 11.8 Å². The minimum Gasteiger partial charge on any atom is -0.355 e. The lowest BCUT2D eigenvalue weighted by atomic mass is 10.3. The predicted octanol–water partition coefficient (Wildman–Crippen LogP) is 1.36. The Morgan fingerprint density at radius 3 is 2.84 bits per heavy atom. The number of imidazole rings is 1. The second-order valence-electron chi connectivity index (χ2n) is 4.88. The summed E-state index contributed by atoms with van der Waals surface area (Å²) in [6, 6.07) is 0. The number of thioether (sulfide) groups is 1. The lowest BCUT2D eigenvalue weighted by Crippen LogP contribution is -2.32. The van der Waals surface area contributed by atoms with E-state index >= 15 is 0 Å². The van der Waals surface area contributed by atoms with Crippen LogP contribution in [0.3, 0.4) is 0 Å². The van der Waals surface area contributed by atoms with Gasteiger partial charge >= 0.3 is 0 Å². The van der Waals surface area contributed by atoms with Crippen LogP contribution < -0.4 is 5.32 Å². The first-order chi connectivity index (χ1) is 9.00. The number of amides is 1. The van der Waals surface area contributed by atoms with Gasteiger partial charge in [0.25, 0.3) is 0 Å². The number of hydrogen-bond donors (Lipinski definition) is 1. The first-order valence-corrected chi connectivity index (χ1v) is 7.45. The summed E-state index contributed by atoms with van der Waals surface area (Å²) in [5.41, 5.74) is 0. The zero-order valence-electron chi connectivity index (χ0n) is 12.2. The van der Waals surface area contributed by atoms with Gasteiger partial charge in [-0.1, -0.05) is 11.8 Å². The van der Waals surface area contributed by atoms with Crippen molar-refractivity contribution in [1.29, 1.82) is 0 Å². The van der Waals surface area contributed by atoms with Crippen LogP contribution in [-0.2, 0) is 11.8 Å². The van der Waals surface area contributed by atoms with Crippen LogP contribution in [0.4, 0.5) is 0 Å². The predicted molar refractivity (Wildman–Crippen MR) is 79.3 cm³/mol. The van der Waals surface area contributed by atoms with Gasteiger partial charge in [0.1, 0.15) is 0 Å². The summed E-state index contributed by atoms with van der Waals surface area (Å²) >= 11 is 1.49. The number of nitrogens with one attached hydrogen (secondary N) is 1. The number of aromatic nitrogens is 2. The molecule has 1 rings (SSSR count). The number of rotatable bonds is 8. The highest BCUT2D eigenvalue weighted by atomic mass is 32.2. The van der Waals surface area contributed by atoms with Gasteiger partial charge in [0, 0.05) is 26.0 Å². The van der Waals surface area contributed by atoms with E-state index in [1.807, 2.05) is 24.7 Å². The Kier molecular flexibility index (Phi) is 6.94. The van der Waals surface area contributed by atoms with E-state index in [1.165, 1.54) is 11.8 Å². The second kappa shape index (κ2) is 8.22. The van der Waals surface area contributed by atoms with Crippen LogP contribution in [0.15, 0.2) is 17.6 Å². The standard InChI is InChI=1S/C13H24N4OS/c1-11(19-13-15-8-10-17(13)4)12(18)14-7-5-6-9-16(2)3/h8,10-11H,5-7,9H2,1-4H3,(H,14,18). The van der Waals surface area contributed by atoms with Crippen LogP contribution in [0.5, 0.6) is 0 Å². The average Bonchev–Trinajstić information content (AvgIpc) is 2.74. The van der Waals surface area contributed by atoms with Gasteiger partial charge in [-0.15, -0.1) is 0 Å². The van der Waals surface area contributed by atoms with E-state index in [0.29, 0.717) is 0 Å². The van der Waals surface area contributed by atoms with Gasteiger partial charge in [-0.05, 0) is 40.4 Å². The van der Waals surface area contributed by atoms with E-state index in [9.17, 15) is 4.79 Å². The van der Waals surface area contributed by atoms with Crippen molar-refractivity contribution in [1.82, 2.24) is 19.8 Å². The van der Waals surface area contributed by atoms with E-state index in [0.717, 1.165) is 31.1 Å². The molecule has 5 nitrogen and oxygen atoms in total. The molecule has 1 unspecified atom stereocenters. The number of nitrogens with zero attached hydrogens (tertiary/aromatic N) is 3. The maximum absolute atomic E-state index is 11.9. The molecule has 1 atom stereocenters. The van der Waals surface area contributed by atoms with Crippen molar-refractivity contribution < 1.29 is 4.79 Å². The molecule has 0 radical (unpaired) electrons. The molecule has 0 aromatic carbocycles. The van der Waals surface area contributed by atoms with Gasteiger partial charge in [-0.25, -0.2) is 4.98 Å². The van der Waals surface area contributed by atoms with Crippen molar-refractivity contribution in [2.75, 3.05) is 27.2 Å². The zero-order chi connectivity index (χ0) is 14.3. The Bertz CT molecular complexity index is 392. The molecule has 108 valence electrons. The molecule has 0 aliphatic heterocycles. The van der Waals surface area contributed by atoms with Crippen LogP contribution in [-0.4, -0.2) is 52.8 Å². The molecule has 0 spiro atoms. The Balaban J connectivity index is 2.20. The van der Waals surface area contributed by atoms with Gasteiger partial charge in [0.05, 0.1) is 5.25 Å².